The van der Waals surface area contributed by atoms with Crippen molar-refractivity contribution in [2.75, 3.05) is 31.7 Å². The maximum absolute atomic E-state index is 12.3. The molecule has 106 valence electrons. The van der Waals surface area contributed by atoms with Crippen LogP contribution in [0, 0.1) is 0 Å². The van der Waals surface area contributed by atoms with Gasteiger partial charge in [-0.1, -0.05) is 15.9 Å². The third kappa shape index (κ3) is 5.24. The number of carbonyl (C=O) groups excluding carboxylic acids is 1. The maximum atomic E-state index is 12.3. The molecule has 0 aliphatic carbocycles. The largest absolute Gasteiger partial charge is 0.379 e. The molecule has 0 aromatic carbocycles. The molecular formula is C13H24BrNO3. The van der Waals surface area contributed by atoms with Crippen molar-refractivity contribution in [1.82, 2.24) is 4.90 Å². The Morgan fingerprint density at radius 3 is 2.78 bits per heavy atom. The highest BCUT2D eigenvalue weighted by Crippen LogP contribution is 2.16. The van der Waals surface area contributed by atoms with E-state index in [-0.39, 0.29) is 18.1 Å². The van der Waals surface area contributed by atoms with Crippen LogP contribution in [-0.2, 0) is 14.3 Å². The van der Waals surface area contributed by atoms with Crippen molar-refractivity contribution >= 4 is 21.8 Å². The minimum Gasteiger partial charge on any atom is -0.379 e. The maximum Gasteiger partial charge on any atom is 0.252 e. The normalized spacial score (nSPS) is 20.1. The second kappa shape index (κ2) is 8.88. The molecular weight excluding hydrogens is 298 g/mol. The van der Waals surface area contributed by atoms with Crippen molar-refractivity contribution in [3.05, 3.63) is 0 Å². The SMILES string of the molecule is CC(C)N(CCOCCBr)C(=O)C1CCCCO1. The summed E-state index contributed by atoms with van der Waals surface area (Å²) < 4.78 is 11.0. The number of alkyl halides is 1. The quantitative estimate of drug-likeness (QED) is 0.533. The molecule has 4 nitrogen and oxygen atoms in total. The first-order chi connectivity index (χ1) is 8.66. The number of hydrogen-bond donors (Lipinski definition) is 0. The first-order valence-electron chi connectivity index (χ1n) is 6.72. The zero-order valence-corrected chi connectivity index (χ0v) is 12.9. The van der Waals surface area contributed by atoms with Gasteiger partial charge in [-0.25, -0.2) is 0 Å². The molecule has 0 aromatic heterocycles. The van der Waals surface area contributed by atoms with Crippen molar-refractivity contribution < 1.29 is 14.3 Å². The smallest absolute Gasteiger partial charge is 0.252 e. The van der Waals surface area contributed by atoms with E-state index >= 15 is 0 Å². The third-order valence-corrected chi connectivity index (χ3v) is 3.38. The van der Waals surface area contributed by atoms with Crippen LogP contribution >= 0.6 is 15.9 Å². The van der Waals surface area contributed by atoms with Gasteiger partial charge in [0, 0.05) is 24.5 Å². The Balaban J connectivity index is 2.41. The van der Waals surface area contributed by atoms with E-state index in [4.69, 9.17) is 9.47 Å². The molecule has 1 aliphatic rings. The van der Waals surface area contributed by atoms with Crippen LogP contribution in [0.4, 0.5) is 0 Å². The predicted molar refractivity (Wildman–Crippen MR) is 75.1 cm³/mol. The van der Waals surface area contributed by atoms with Crippen molar-refractivity contribution in [3.8, 4) is 0 Å². The lowest BCUT2D eigenvalue weighted by Crippen LogP contribution is -2.46. The summed E-state index contributed by atoms with van der Waals surface area (Å²) in [6.07, 6.45) is 2.77. The van der Waals surface area contributed by atoms with E-state index in [2.05, 4.69) is 15.9 Å². The molecule has 0 saturated carbocycles. The fourth-order valence-corrected chi connectivity index (χ4v) is 2.29. The highest BCUT2D eigenvalue weighted by Gasteiger charge is 2.28. The van der Waals surface area contributed by atoms with E-state index in [1.165, 1.54) is 0 Å². The summed E-state index contributed by atoms with van der Waals surface area (Å²) in [5.74, 6) is 0.118. The van der Waals surface area contributed by atoms with Crippen LogP contribution < -0.4 is 0 Å². The molecule has 1 fully saturated rings. The monoisotopic (exact) mass is 321 g/mol. The molecule has 0 spiro atoms. The molecule has 1 rings (SSSR count). The topological polar surface area (TPSA) is 38.8 Å². The summed E-state index contributed by atoms with van der Waals surface area (Å²) in [6.45, 7) is 6.69. The zero-order valence-electron chi connectivity index (χ0n) is 11.4. The minimum atomic E-state index is -0.239. The van der Waals surface area contributed by atoms with Crippen LogP contribution in [0.25, 0.3) is 0 Å². The van der Waals surface area contributed by atoms with Crippen LogP contribution in [0.3, 0.4) is 0 Å². The average Bonchev–Trinajstić information content (AvgIpc) is 2.39. The van der Waals surface area contributed by atoms with Crippen molar-refractivity contribution in [1.29, 1.82) is 0 Å². The fraction of sp³-hybridized carbons (Fsp3) is 0.923. The standard InChI is InChI=1S/C13H24BrNO3/c1-11(2)15(7-10-17-9-6-14)13(16)12-5-3-4-8-18-12/h11-12H,3-10H2,1-2H3. The Morgan fingerprint density at radius 2 is 2.22 bits per heavy atom. The molecule has 18 heavy (non-hydrogen) atoms. The Labute approximate surface area is 118 Å². The lowest BCUT2D eigenvalue weighted by Gasteiger charge is -2.32. The summed E-state index contributed by atoms with van der Waals surface area (Å²) in [4.78, 5) is 14.2. The van der Waals surface area contributed by atoms with Crippen LogP contribution in [-0.4, -0.2) is 54.6 Å². The fourth-order valence-electron chi connectivity index (χ4n) is 2.06. The van der Waals surface area contributed by atoms with Gasteiger partial charge in [0.15, 0.2) is 0 Å². The highest BCUT2D eigenvalue weighted by atomic mass is 79.9. The molecule has 0 radical (unpaired) electrons. The second-order valence-corrected chi connectivity index (χ2v) is 5.57. The van der Waals surface area contributed by atoms with Gasteiger partial charge in [-0.2, -0.15) is 0 Å². The lowest BCUT2D eigenvalue weighted by atomic mass is 10.1. The van der Waals surface area contributed by atoms with Gasteiger partial charge in [-0.15, -0.1) is 0 Å². The van der Waals surface area contributed by atoms with Crippen molar-refractivity contribution in [3.63, 3.8) is 0 Å². The van der Waals surface area contributed by atoms with Gasteiger partial charge in [0.2, 0.25) is 0 Å². The van der Waals surface area contributed by atoms with Gasteiger partial charge in [0.1, 0.15) is 6.10 Å². The number of nitrogens with zero attached hydrogens (tertiary/aromatic N) is 1. The van der Waals surface area contributed by atoms with Crippen molar-refractivity contribution in [2.24, 2.45) is 0 Å². The molecule has 1 unspecified atom stereocenters. The molecule has 0 aromatic rings. The van der Waals surface area contributed by atoms with Gasteiger partial charge in [-0.05, 0) is 33.1 Å². The zero-order chi connectivity index (χ0) is 13.4. The Kier molecular flexibility index (Phi) is 7.86. The number of rotatable bonds is 7. The van der Waals surface area contributed by atoms with Crippen LogP contribution in [0.2, 0.25) is 0 Å². The summed E-state index contributed by atoms with van der Waals surface area (Å²) >= 11 is 3.31. The van der Waals surface area contributed by atoms with Gasteiger partial charge in [-0.3, -0.25) is 4.79 Å². The van der Waals surface area contributed by atoms with Gasteiger partial charge < -0.3 is 14.4 Å². The first-order valence-corrected chi connectivity index (χ1v) is 7.84. The molecule has 1 amide bonds. The lowest BCUT2D eigenvalue weighted by molar-refractivity contribution is -0.149. The summed E-state index contributed by atoms with van der Waals surface area (Å²) in [5.41, 5.74) is 0. The minimum absolute atomic E-state index is 0.118. The van der Waals surface area contributed by atoms with E-state index in [1.54, 1.807) is 0 Å². The average molecular weight is 322 g/mol. The first kappa shape index (κ1) is 15.9. The molecule has 1 aliphatic heterocycles. The van der Waals surface area contributed by atoms with E-state index in [9.17, 15) is 4.79 Å². The molecule has 1 atom stereocenters. The Hall–Kier alpha value is -0.130. The predicted octanol–water partition coefficient (Wildman–Crippen LogP) is 2.20. The van der Waals surface area contributed by atoms with Gasteiger partial charge in [0.25, 0.3) is 5.91 Å². The number of carbonyl (C=O) groups is 1. The second-order valence-electron chi connectivity index (χ2n) is 4.78. The summed E-state index contributed by atoms with van der Waals surface area (Å²) in [5, 5.41) is 0.828. The van der Waals surface area contributed by atoms with Gasteiger partial charge in [0.05, 0.1) is 13.2 Å². The molecule has 5 heteroatoms. The van der Waals surface area contributed by atoms with Crippen LogP contribution in [0.5, 0.6) is 0 Å². The molecule has 0 bridgehead atoms. The number of hydrogen-bond acceptors (Lipinski definition) is 3. The number of amides is 1. The molecule has 1 heterocycles. The number of ether oxygens (including phenoxy) is 2. The van der Waals surface area contributed by atoms with E-state index in [1.807, 2.05) is 18.7 Å². The van der Waals surface area contributed by atoms with E-state index < -0.39 is 0 Å². The third-order valence-electron chi connectivity index (χ3n) is 3.06. The summed E-state index contributed by atoms with van der Waals surface area (Å²) in [6, 6.07) is 0.190. The Bertz CT molecular complexity index is 242. The van der Waals surface area contributed by atoms with E-state index in [0.717, 1.165) is 24.6 Å². The van der Waals surface area contributed by atoms with Crippen molar-refractivity contribution in [2.45, 2.75) is 45.3 Å². The van der Waals surface area contributed by atoms with Gasteiger partial charge >= 0.3 is 0 Å². The van der Waals surface area contributed by atoms with Crippen LogP contribution in [0.1, 0.15) is 33.1 Å². The molecule has 1 saturated heterocycles. The van der Waals surface area contributed by atoms with Crippen LogP contribution in [0.15, 0.2) is 0 Å². The molecule has 0 N–H and O–H groups in total. The van der Waals surface area contributed by atoms with E-state index in [0.29, 0.717) is 26.4 Å². The number of halogens is 1. The highest BCUT2D eigenvalue weighted by molar-refractivity contribution is 9.09. The Morgan fingerprint density at radius 1 is 1.44 bits per heavy atom. The summed E-state index contributed by atoms with van der Waals surface area (Å²) in [7, 11) is 0.